The first-order valence-corrected chi connectivity index (χ1v) is 2.42. The molecule has 0 spiro atoms. The lowest BCUT2D eigenvalue weighted by molar-refractivity contribution is -0.204. The Morgan fingerprint density at radius 3 is 2.25 bits per heavy atom. The van der Waals surface area contributed by atoms with Crippen LogP contribution in [-0.4, -0.2) is 18.3 Å². The average molecular weight is 188 g/mol. The molecule has 0 amide bonds. The van der Waals surface area contributed by atoms with E-state index in [1.165, 1.54) is 0 Å². The first-order valence-electron chi connectivity index (χ1n) is 2.42. The van der Waals surface area contributed by atoms with Crippen molar-refractivity contribution in [3.8, 4) is 11.8 Å². The molecule has 7 heteroatoms. The summed E-state index contributed by atoms with van der Waals surface area (Å²) in [5, 5.41) is 0. The van der Waals surface area contributed by atoms with Crippen LogP contribution in [-0.2, 0) is 9.74 Å². The molecule has 0 atom stereocenters. The molecule has 0 aliphatic carbocycles. The van der Waals surface area contributed by atoms with Crippen LogP contribution >= 0.6 is 0 Å². The van der Waals surface area contributed by atoms with E-state index in [9.17, 15) is 26.9 Å². The third-order valence-corrected chi connectivity index (χ3v) is 0.665. The SMILES string of the molecule is O=C(OF)C(F)(F)C#CC(F)F. The maximum absolute atomic E-state index is 12.0. The summed E-state index contributed by atoms with van der Waals surface area (Å²) in [6.45, 7) is 0. The molecule has 0 N–H and O–H groups in total. The summed E-state index contributed by atoms with van der Waals surface area (Å²) in [6.07, 6.45) is -3.32. The molecule has 0 aromatic heterocycles. The zero-order chi connectivity index (χ0) is 9.78. The highest BCUT2D eigenvalue weighted by Gasteiger charge is 2.40. The summed E-state index contributed by atoms with van der Waals surface area (Å²) in [5.74, 6) is -5.89. The Kier molecular flexibility index (Phi) is 3.47. The summed E-state index contributed by atoms with van der Waals surface area (Å²) in [7, 11) is 0. The summed E-state index contributed by atoms with van der Waals surface area (Å²) in [5.41, 5.74) is 0. The maximum Gasteiger partial charge on any atom is 0.430 e. The van der Waals surface area contributed by atoms with E-state index in [0.29, 0.717) is 11.8 Å². The van der Waals surface area contributed by atoms with E-state index < -0.39 is 18.3 Å². The van der Waals surface area contributed by atoms with Gasteiger partial charge in [0.25, 0.3) is 6.43 Å². The lowest BCUT2D eigenvalue weighted by atomic mass is 10.3. The number of halogens is 5. The van der Waals surface area contributed by atoms with Crippen LogP contribution in [0.2, 0.25) is 0 Å². The van der Waals surface area contributed by atoms with Gasteiger partial charge in [-0.25, -0.2) is 9.74 Å². The molecule has 0 aromatic carbocycles. The predicted octanol–water partition coefficient (Wildman–Crippen LogP) is 1.32. The van der Waals surface area contributed by atoms with Gasteiger partial charge < -0.3 is 0 Å². The summed E-state index contributed by atoms with van der Waals surface area (Å²) < 4.78 is 57.1. The van der Waals surface area contributed by atoms with Gasteiger partial charge in [0.05, 0.1) is 0 Å². The first-order chi connectivity index (χ1) is 5.40. The molecular formula is C5HF5O2. The number of hydrogen-bond acceptors (Lipinski definition) is 2. The summed E-state index contributed by atoms with van der Waals surface area (Å²) in [4.78, 5) is 11.9. The van der Waals surface area contributed by atoms with E-state index in [1.807, 2.05) is 0 Å². The highest BCUT2D eigenvalue weighted by Crippen LogP contribution is 2.14. The van der Waals surface area contributed by atoms with E-state index in [1.54, 1.807) is 0 Å². The first kappa shape index (κ1) is 10.7. The van der Waals surface area contributed by atoms with Gasteiger partial charge in [0.1, 0.15) is 0 Å². The van der Waals surface area contributed by atoms with Gasteiger partial charge in [-0.2, -0.15) is 17.6 Å². The van der Waals surface area contributed by atoms with Crippen LogP contribution in [0.5, 0.6) is 0 Å². The Morgan fingerprint density at radius 1 is 1.42 bits per heavy atom. The normalized spacial score (nSPS) is 10.5. The Bertz CT molecular complexity index is 226. The minimum Gasteiger partial charge on any atom is -0.247 e. The van der Waals surface area contributed by atoms with Gasteiger partial charge in [0, 0.05) is 4.53 Å². The van der Waals surface area contributed by atoms with Crippen molar-refractivity contribution in [2.45, 2.75) is 12.3 Å². The fraction of sp³-hybridized carbons (Fsp3) is 0.400. The smallest absolute Gasteiger partial charge is 0.247 e. The van der Waals surface area contributed by atoms with Crippen molar-refractivity contribution in [1.82, 2.24) is 0 Å². The van der Waals surface area contributed by atoms with Gasteiger partial charge in [0.2, 0.25) is 0 Å². The monoisotopic (exact) mass is 188 g/mol. The van der Waals surface area contributed by atoms with Crippen molar-refractivity contribution in [1.29, 1.82) is 0 Å². The topological polar surface area (TPSA) is 26.3 Å². The molecule has 0 saturated heterocycles. The molecule has 0 aliphatic heterocycles. The number of alkyl halides is 4. The van der Waals surface area contributed by atoms with Gasteiger partial charge in [-0.3, -0.25) is 0 Å². The molecular weight excluding hydrogens is 187 g/mol. The second kappa shape index (κ2) is 3.90. The largest absolute Gasteiger partial charge is 0.430 e. The molecule has 0 heterocycles. The van der Waals surface area contributed by atoms with Gasteiger partial charge >= 0.3 is 11.9 Å². The second-order valence-electron chi connectivity index (χ2n) is 1.51. The molecule has 0 bridgehead atoms. The van der Waals surface area contributed by atoms with E-state index in [4.69, 9.17) is 0 Å². The Labute approximate surface area is 63.2 Å². The number of hydrogen-bond donors (Lipinski definition) is 0. The zero-order valence-corrected chi connectivity index (χ0v) is 5.28. The molecule has 2 nitrogen and oxygen atoms in total. The van der Waals surface area contributed by atoms with E-state index in [-0.39, 0.29) is 0 Å². The Hall–Kier alpha value is -1.32. The highest BCUT2D eigenvalue weighted by atomic mass is 19.3. The lowest BCUT2D eigenvalue weighted by Crippen LogP contribution is -2.27. The molecule has 0 unspecified atom stereocenters. The van der Waals surface area contributed by atoms with Crippen molar-refractivity contribution in [2.75, 3.05) is 0 Å². The molecule has 12 heavy (non-hydrogen) atoms. The third kappa shape index (κ3) is 3.18. The van der Waals surface area contributed by atoms with Crippen LogP contribution < -0.4 is 0 Å². The summed E-state index contributed by atoms with van der Waals surface area (Å²) in [6, 6.07) is 0. The molecule has 0 rings (SSSR count). The van der Waals surface area contributed by atoms with Crippen molar-refractivity contribution in [3.05, 3.63) is 0 Å². The number of carbonyl (C=O) groups excluding carboxylic acids is 1. The minimum absolute atomic E-state index is 0.561. The standard InChI is InChI=1S/C5HF5O2/c6-3(7)1-2-5(8,9)4(11)12-10/h3H. The van der Waals surface area contributed by atoms with Crippen LogP contribution in [0.25, 0.3) is 0 Å². The maximum atomic E-state index is 12.0. The third-order valence-electron chi connectivity index (χ3n) is 0.665. The van der Waals surface area contributed by atoms with Crippen molar-refractivity contribution < 1.29 is 31.8 Å². The highest BCUT2D eigenvalue weighted by molar-refractivity contribution is 5.80. The Morgan fingerprint density at radius 2 is 1.92 bits per heavy atom. The molecule has 0 fully saturated rings. The van der Waals surface area contributed by atoms with E-state index in [0.717, 1.165) is 0 Å². The fourth-order valence-corrected chi connectivity index (χ4v) is 0.245. The van der Waals surface area contributed by atoms with Crippen LogP contribution in [0, 0.1) is 11.8 Å². The number of rotatable bonds is 1. The molecule has 0 radical (unpaired) electrons. The van der Waals surface area contributed by atoms with E-state index in [2.05, 4.69) is 4.94 Å². The lowest BCUT2D eigenvalue weighted by Gasteiger charge is -2.01. The quantitative estimate of drug-likeness (QED) is 0.458. The van der Waals surface area contributed by atoms with Crippen LogP contribution in [0.15, 0.2) is 0 Å². The second-order valence-corrected chi connectivity index (χ2v) is 1.51. The van der Waals surface area contributed by atoms with Gasteiger partial charge in [0.15, 0.2) is 0 Å². The Balaban J connectivity index is 4.45. The number of carbonyl (C=O) groups is 1. The van der Waals surface area contributed by atoms with E-state index >= 15 is 0 Å². The minimum atomic E-state index is -4.54. The van der Waals surface area contributed by atoms with Crippen molar-refractivity contribution in [3.63, 3.8) is 0 Å². The fourth-order valence-electron chi connectivity index (χ4n) is 0.245. The van der Waals surface area contributed by atoms with Gasteiger partial charge in [-0.05, 0) is 11.8 Å². The zero-order valence-electron chi connectivity index (χ0n) is 5.28. The van der Waals surface area contributed by atoms with Crippen LogP contribution in [0.1, 0.15) is 0 Å². The molecule has 0 aliphatic rings. The predicted molar refractivity (Wildman–Crippen MR) is 25.9 cm³/mol. The van der Waals surface area contributed by atoms with Crippen molar-refractivity contribution >= 4 is 5.97 Å². The molecule has 0 saturated carbocycles. The average Bonchev–Trinajstić information content (AvgIpc) is 1.99. The molecule has 0 aromatic rings. The van der Waals surface area contributed by atoms with Gasteiger partial charge in [-0.1, -0.05) is 0 Å². The molecule has 68 valence electrons. The van der Waals surface area contributed by atoms with Gasteiger partial charge in [-0.15, -0.1) is 0 Å². The summed E-state index contributed by atoms with van der Waals surface area (Å²) >= 11 is 0. The van der Waals surface area contributed by atoms with Crippen LogP contribution in [0.4, 0.5) is 22.1 Å². The van der Waals surface area contributed by atoms with Crippen molar-refractivity contribution in [2.24, 2.45) is 0 Å². The van der Waals surface area contributed by atoms with Crippen LogP contribution in [0.3, 0.4) is 0 Å².